The molecule has 94 valence electrons. The molecule has 1 aromatic rings. The first-order valence-electron chi connectivity index (χ1n) is 5.67. The number of aromatic nitrogens is 1. The number of carboxylic acid groups (broad SMARTS) is 1. The van der Waals surface area contributed by atoms with Crippen LogP contribution in [0.25, 0.3) is 0 Å². The van der Waals surface area contributed by atoms with Gasteiger partial charge >= 0.3 is 5.97 Å². The van der Waals surface area contributed by atoms with Crippen molar-refractivity contribution in [3.63, 3.8) is 0 Å². The summed E-state index contributed by atoms with van der Waals surface area (Å²) < 4.78 is 5.71. The molecule has 1 heterocycles. The summed E-state index contributed by atoms with van der Waals surface area (Å²) in [5.74, 6) is -0.793. The number of rotatable bonds is 4. The van der Waals surface area contributed by atoms with Gasteiger partial charge in [0.2, 0.25) is 5.88 Å². The SMILES string of the molecule is CCC(C)(C)Oc1nc(C)cc(C)c1C(=O)O. The number of aromatic carboxylic acids is 1. The maximum atomic E-state index is 11.2. The molecule has 17 heavy (non-hydrogen) atoms. The zero-order valence-electron chi connectivity index (χ0n) is 11.0. The summed E-state index contributed by atoms with van der Waals surface area (Å²) in [7, 11) is 0. The standard InChI is InChI=1S/C13H19NO3/c1-6-13(4,5)17-11-10(12(15)16)8(2)7-9(3)14-11/h7H,6H2,1-5H3,(H,15,16). The van der Waals surface area contributed by atoms with Crippen molar-refractivity contribution in [1.82, 2.24) is 4.98 Å². The van der Waals surface area contributed by atoms with Crippen molar-refractivity contribution in [3.05, 3.63) is 22.9 Å². The first-order valence-corrected chi connectivity index (χ1v) is 5.67. The van der Waals surface area contributed by atoms with Crippen LogP contribution in [-0.4, -0.2) is 21.7 Å². The summed E-state index contributed by atoms with van der Waals surface area (Å²) in [5.41, 5.74) is 1.16. The Balaban J connectivity index is 3.26. The summed E-state index contributed by atoms with van der Waals surface area (Å²) in [4.78, 5) is 15.4. The molecule has 0 amide bonds. The van der Waals surface area contributed by atoms with Gasteiger partial charge in [-0.3, -0.25) is 0 Å². The molecule has 0 spiro atoms. The van der Waals surface area contributed by atoms with Crippen LogP contribution in [-0.2, 0) is 0 Å². The van der Waals surface area contributed by atoms with E-state index in [2.05, 4.69) is 4.98 Å². The second-order valence-electron chi connectivity index (χ2n) is 4.78. The van der Waals surface area contributed by atoms with Crippen molar-refractivity contribution in [3.8, 4) is 5.88 Å². The number of nitrogens with zero attached hydrogens (tertiary/aromatic N) is 1. The summed E-state index contributed by atoms with van der Waals surface area (Å²) in [6, 6.07) is 1.75. The number of carbonyl (C=O) groups is 1. The fourth-order valence-electron chi connectivity index (χ4n) is 1.47. The third kappa shape index (κ3) is 3.19. The van der Waals surface area contributed by atoms with Gasteiger partial charge in [0.05, 0.1) is 0 Å². The lowest BCUT2D eigenvalue weighted by Crippen LogP contribution is -2.28. The molecule has 1 rings (SSSR count). The highest BCUT2D eigenvalue weighted by molar-refractivity contribution is 5.91. The van der Waals surface area contributed by atoms with E-state index in [1.165, 1.54) is 0 Å². The summed E-state index contributed by atoms with van der Waals surface area (Å²) in [6.07, 6.45) is 0.779. The molecular formula is C13H19NO3. The number of pyridine rings is 1. The van der Waals surface area contributed by atoms with Crippen molar-refractivity contribution < 1.29 is 14.6 Å². The van der Waals surface area contributed by atoms with E-state index < -0.39 is 11.6 Å². The molecule has 0 fully saturated rings. The van der Waals surface area contributed by atoms with Crippen LogP contribution in [0.4, 0.5) is 0 Å². The van der Waals surface area contributed by atoms with Gasteiger partial charge in [-0.2, -0.15) is 0 Å². The van der Waals surface area contributed by atoms with Gasteiger partial charge in [0.1, 0.15) is 11.2 Å². The molecular weight excluding hydrogens is 218 g/mol. The fraction of sp³-hybridized carbons (Fsp3) is 0.538. The molecule has 0 saturated heterocycles. The first-order chi connectivity index (χ1) is 7.76. The molecule has 4 nitrogen and oxygen atoms in total. The van der Waals surface area contributed by atoms with E-state index >= 15 is 0 Å². The topological polar surface area (TPSA) is 59.4 Å². The molecule has 0 aliphatic carbocycles. The van der Waals surface area contributed by atoms with Gasteiger partial charge in [0.25, 0.3) is 0 Å². The Bertz CT molecular complexity index is 439. The minimum atomic E-state index is -1.00. The van der Waals surface area contributed by atoms with Crippen molar-refractivity contribution >= 4 is 5.97 Å². The highest BCUT2D eigenvalue weighted by Gasteiger charge is 2.23. The maximum absolute atomic E-state index is 11.2. The van der Waals surface area contributed by atoms with Crippen LogP contribution < -0.4 is 4.74 Å². The predicted octanol–water partition coefficient (Wildman–Crippen LogP) is 2.96. The smallest absolute Gasteiger partial charge is 0.341 e. The number of aryl methyl sites for hydroxylation is 2. The third-order valence-electron chi connectivity index (χ3n) is 2.75. The van der Waals surface area contributed by atoms with Crippen LogP contribution >= 0.6 is 0 Å². The van der Waals surface area contributed by atoms with Gasteiger partial charge in [-0.05, 0) is 45.7 Å². The average molecular weight is 237 g/mol. The Morgan fingerprint density at radius 3 is 2.53 bits per heavy atom. The van der Waals surface area contributed by atoms with Crippen LogP contribution in [0.2, 0.25) is 0 Å². The monoisotopic (exact) mass is 237 g/mol. The Morgan fingerprint density at radius 1 is 1.47 bits per heavy atom. The molecule has 0 saturated carbocycles. The number of hydrogen-bond donors (Lipinski definition) is 1. The molecule has 0 atom stereocenters. The van der Waals surface area contributed by atoms with Gasteiger partial charge in [0, 0.05) is 5.69 Å². The molecule has 1 aromatic heterocycles. The van der Waals surface area contributed by atoms with Gasteiger partial charge in [0.15, 0.2) is 0 Å². The maximum Gasteiger partial charge on any atom is 0.341 e. The largest absolute Gasteiger partial charge is 0.477 e. The van der Waals surface area contributed by atoms with Crippen LogP contribution in [0.3, 0.4) is 0 Å². The minimum absolute atomic E-state index is 0.150. The van der Waals surface area contributed by atoms with Crippen molar-refractivity contribution in [2.75, 3.05) is 0 Å². The van der Waals surface area contributed by atoms with Crippen LogP contribution in [0.15, 0.2) is 6.07 Å². The summed E-state index contributed by atoms with van der Waals surface area (Å²) in [6.45, 7) is 9.40. The molecule has 0 bridgehead atoms. The Kier molecular flexibility index (Phi) is 3.76. The highest BCUT2D eigenvalue weighted by Crippen LogP contribution is 2.26. The Labute approximate surface area is 102 Å². The number of ether oxygens (including phenoxy) is 1. The molecule has 0 radical (unpaired) electrons. The normalized spacial score (nSPS) is 11.4. The first kappa shape index (κ1) is 13.5. The zero-order valence-corrected chi connectivity index (χ0v) is 11.0. The van der Waals surface area contributed by atoms with E-state index in [0.29, 0.717) is 5.56 Å². The quantitative estimate of drug-likeness (QED) is 0.874. The molecule has 0 aromatic carbocycles. The van der Waals surface area contributed by atoms with Crippen LogP contribution in [0.5, 0.6) is 5.88 Å². The van der Waals surface area contributed by atoms with E-state index in [1.807, 2.05) is 27.7 Å². The average Bonchev–Trinajstić information content (AvgIpc) is 2.14. The second kappa shape index (κ2) is 4.73. The fourth-order valence-corrected chi connectivity index (χ4v) is 1.47. The lowest BCUT2D eigenvalue weighted by molar-refractivity contribution is 0.0663. The Hall–Kier alpha value is -1.58. The van der Waals surface area contributed by atoms with Gasteiger partial charge in [-0.1, -0.05) is 6.92 Å². The minimum Gasteiger partial charge on any atom is -0.477 e. The molecule has 0 aliphatic rings. The lowest BCUT2D eigenvalue weighted by atomic mass is 10.1. The van der Waals surface area contributed by atoms with E-state index in [9.17, 15) is 9.90 Å². The highest BCUT2D eigenvalue weighted by atomic mass is 16.5. The molecule has 0 unspecified atom stereocenters. The van der Waals surface area contributed by atoms with Crippen molar-refractivity contribution in [2.24, 2.45) is 0 Å². The molecule has 0 aliphatic heterocycles. The summed E-state index contributed by atoms with van der Waals surface area (Å²) >= 11 is 0. The molecule has 4 heteroatoms. The predicted molar refractivity (Wildman–Crippen MR) is 65.7 cm³/mol. The third-order valence-corrected chi connectivity index (χ3v) is 2.75. The lowest BCUT2D eigenvalue weighted by Gasteiger charge is -2.25. The second-order valence-corrected chi connectivity index (χ2v) is 4.78. The Morgan fingerprint density at radius 2 is 2.06 bits per heavy atom. The van der Waals surface area contributed by atoms with E-state index in [0.717, 1.165) is 12.1 Å². The zero-order chi connectivity index (χ0) is 13.2. The van der Waals surface area contributed by atoms with Crippen molar-refractivity contribution in [1.29, 1.82) is 0 Å². The summed E-state index contributed by atoms with van der Waals surface area (Å²) in [5, 5.41) is 9.19. The van der Waals surface area contributed by atoms with Crippen LogP contribution in [0.1, 0.15) is 48.8 Å². The van der Waals surface area contributed by atoms with E-state index in [-0.39, 0.29) is 11.4 Å². The van der Waals surface area contributed by atoms with Crippen molar-refractivity contribution in [2.45, 2.75) is 46.6 Å². The molecule has 1 N–H and O–H groups in total. The van der Waals surface area contributed by atoms with E-state index in [4.69, 9.17) is 4.74 Å². The van der Waals surface area contributed by atoms with Gasteiger partial charge < -0.3 is 9.84 Å². The van der Waals surface area contributed by atoms with Crippen LogP contribution in [0, 0.1) is 13.8 Å². The van der Waals surface area contributed by atoms with Gasteiger partial charge in [-0.25, -0.2) is 9.78 Å². The van der Waals surface area contributed by atoms with Gasteiger partial charge in [-0.15, -0.1) is 0 Å². The number of hydrogen-bond acceptors (Lipinski definition) is 3. The number of carboxylic acids is 1. The van der Waals surface area contributed by atoms with E-state index in [1.54, 1.807) is 13.0 Å².